The standard InChI is InChI=1S/C14H11F4NO2/c1-14(2,3)8-11(17)9(15)7(10(16)12(8)18)4-6(5-19)13(20)21/h4H,1-3H3,(H,20,21)/b6-4+. The van der Waals surface area contributed by atoms with Crippen molar-refractivity contribution in [3.63, 3.8) is 0 Å². The van der Waals surface area contributed by atoms with Crippen LogP contribution in [0.5, 0.6) is 0 Å². The Labute approximate surface area is 118 Å². The van der Waals surface area contributed by atoms with E-state index in [1.54, 1.807) is 0 Å². The number of nitriles is 1. The van der Waals surface area contributed by atoms with E-state index < -0.39 is 51.4 Å². The van der Waals surface area contributed by atoms with E-state index in [1.807, 2.05) is 0 Å². The first-order valence-corrected chi connectivity index (χ1v) is 5.73. The number of hydrogen-bond acceptors (Lipinski definition) is 2. The summed E-state index contributed by atoms with van der Waals surface area (Å²) in [6, 6.07) is 1.17. The van der Waals surface area contributed by atoms with Gasteiger partial charge in [-0.2, -0.15) is 5.26 Å². The molecule has 0 heterocycles. The molecule has 0 unspecified atom stereocenters. The Kier molecular flexibility index (Phi) is 4.42. The van der Waals surface area contributed by atoms with E-state index in [-0.39, 0.29) is 6.08 Å². The van der Waals surface area contributed by atoms with Gasteiger partial charge in [-0.05, 0) is 11.5 Å². The van der Waals surface area contributed by atoms with Gasteiger partial charge in [0.1, 0.15) is 11.6 Å². The van der Waals surface area contributed by atoms with Crippen molar-refractivity contribution in [1.82, 2.24) is 0 Å². The number of carbonyl (C=O) groups is 1. The number of rotatable bonds is 2. The van der Waals surface area contributed by atoms with Gasteiger partial charge in [0.2, 0.25) is 0 Å². The molecule has 1 aromatic rings. The molecular formula is C14H11F4NO2. The molecule has 0 saturated heterocycles. The Morgan fingerprint density at radius 3 is 1.81 bits per heavy atom. The van der Waals surface area contributed by atoms with Gasteiger partial charge in [-0.25, -0.2) is 22.4 Å². The van der Waals surface area contributed by atoms with E-state index in [0.29, 0.717) is 0 Å². The minimum atomic E-state index is -1.77. The Bertz CT molecular complexity index is 653. The summed E-state index contributed by atoms with van der Waals surface area (Å²) in [6.07, 6.45) is 0.256. The van der Waals surface area contributed by atoms with Crippen molar-refractivity contribution >= 4 is 12.0 Å². The average molecular weight is 301 g/mol. The lowest BCUT2D eigenvalue weighted by molar-refractivity contribution is -0.132. The van der Waals surface area contributed by atoms with E-state index in [1.165, 1.54) is 26.8 Å². The molecule has 1 N–H and O–H groups in total. The van der Waals surface area contributed by atoms with Gasteiger partial charge in [-0.1, -0.05) is 20.8 Å². The van der Waals surface area contributed by atoms with Crippen LogP contribution < -0.4 is 0 Å². The van der Waals surface area contributed by atoms with Crippen molar-refractivity contribution in [2.24, 2.45) is 0 Å². The van der Waals surface area contributed by atoms with Gasteiger partial charge in [-0.15, -0.1) is 0 Å². The summed E-state index contributed by atoms with van der Waals surface area (Å²) in [7, 11) is 0. The largest absolute Gasteiger partial charge is 0.477 e. The fourth-order valence-electron chi connectivity index (χ4n) is 1.72. The second-order valence-corrected chi connectivity index (χ2v) is 5.27. The molecular weight excluding hydrogens is 290 g/mol. The van der Waals surface area contributed by atoms with Crippen LogP contribution in [0, 0.1) is 34.6 Å². The van der Waals surface area contributed by atoms with Crippen molar-refractivity contribution in [3.8, 4) is 6.07 Å². The van der Waals surface area contributed by atoms with Crippen LogP contribution in [-0.2, 0) is 10.2 Å². The minimum absolute atomic E-state index is 0.256. The van der Waals surface area contributed by atoms with Crippen LogP contribution in [-0.4, -0.2) is 11.1 Å². The van der Waals surface area contributed by atoms with E-state index >= 15 is 0 Å². The van der Waals surface area contributed by atoms with Crippen molar-refractivity contribution < 1.29 is 27.5 Å². The number of halogens is 4. The Morgan fingerprint density at radius 2 is 1.52 bits per heavy atom. The zero-order chi connectivity index (χ0) is 16.5. The number of carboxylic acids is 1. The molecule has 21 heavy (non-hydrogen) atoms. The summed E-state index contributed by atoms with van der Waals surface area (Å²) in [4.78, 5) is 10.6. The quantitative estimate of drug-likeness (QED) is 0.393. The molecule has 7 heteroatoms. The minimum Gasteiger partial charge on any atom is -0.477 e. The highest BCUT2D eigenvalue weighted by Gasteiger charge is 2.31. The van der Waals surface area contributed by atoms with Crippen molar-refractivity contribution in [2.45, 2.75) is 26.2 Å². The summed E-state index contributed by atoms with van der Waals surface area (Å²) in [5.74, 6) is -8.48. The normalized spacial score (nSPS) is 12.2. The number of nitrogens with zero attached hydrogens (tertiary/aromatic N) is 1. The molecule has 112 valence electrons. The van der Waals surface area contributed by atoms with Crippen LogP contribution in [0.15, 0.2) is 5.57 Å². The predicted molar refractivity (Wildman–Crippen MR) is 66.2 cm³/mol. The number of hydrogen-bond donors (Lipinski definition) is 1. The predicted octanol–water partition coefficient (Wildman–Crippen LogP) is 3.53. The summed E-state index contributed by atoms with van der Waals surface area (Å²) < 4.78 is 55.6. The van der Waals surface area contributed by atoms with Gasteiger partial charge in [-0.3, -0.25) is 0 Å². The molecule has 0 saturated carbocycles. The maximum absolute atomic E-state index is 13.9. The molecule has 0 radical (unpaired) electrons. The Balaban J connectivity index is 3.76. The van der Waals surface area contributed by atoms with E-state index in [4.69, 9.17) is 10.4 Å². The third kappa shape index (κ3) is 3.05. The van der Waals surface area contributed by atoms with Crippen LogP contribution in [0.3, 0.4) is 0 Å². The van der Waals surface area contributed by atoms with Crippen molar-refractivity contribution in [3.05, 3.63) is 40.0 Å². The summed E-state index contributed by atoms with van der Waals surface area (Å²) in [5.41, 5.74) is -4.28. The highest BCUT2D eigenvalue weighted by molar-refractivity contribution is 5.96. The summed E-state index contributed by atoms with van der Waals surface area (Å²) in [6.45, 7) is 4.09. The summed E-state index contributed by atoms with van der Waals surface area (Å²) in [5, 5.41) is 17.1. The van der Waals surface area contributed by atoms with Gasteiger partial charge in [0.25, 0.3) is 0 Å². The SMILES string of the molecule is CC(C)(C)c1c(F)c(F)c(/C=C(\C#N)C(=O)O)c(F)c1F. The average Bonchev–Trinajstić information content (AvgIpc) is 2.35. The Hall–Kier alpha value is -2.36. The lowest BCUT2D eigenvalue weighted by Crippen LogP contribution is -2.20. The molecule has 1 rings (SSSR count). The molecule has 0 aliphatic heterocycles. The van der Waals surface area contributed by atoms with Crippen LogP contribution in [0.2, 0.25) is 0 Å². The highest BCUT2D eigenvalue weighted by Crippen LogP contribution is 2.33. The monoisotopic (exact) mass is 301 g/mol. The second-order valence-electron chi connectivity index (χ2n) is 5.27. The molecule has 0 aliphatic carbocycles. The number of benzene rings is 1. The first kappa shape index (κ1) is 16.7. The highest BCUT2D eigenvalue weighted by atomic mass is 19.2. The first-order chi connectivity index (χ1) is 9.52. The molecule has 0 fully saturated rings. The Morgan fingerprint density at radius 1 is 1.10 bits per heavy atom. The molecule has 1 aromatic carbocycles. The zero-order valence-electron chi connectivity index (χ0n) is 11.4. The van der Waals surface area contributed by atoms with Gasteiger partial charge in [0.15, 0.2) is 23.3 Å². The fraction of sp³-hybridized carbons (Fsp3) is 0.286. The van der Waals surface area contributed by atoms with Gasteiger partial charge >= 0.3 is 5.97 Å². The molecule has 0 aliphatic rings. The van der Waals surface area contributed by atoms with E-state index in [9.17, 15) is 22.4 Å². The number of carboxylic acid groups (broad SMARTS) is 1. The number of aliphatic carboxylic acids is 1. The van der Waals surface area contributed by atoms with Gasteiger partial charge in [0.05, 0.1) is 5.56 Å². The molecule has 0 aromatic heterocycles. The topological polar surface area (TPSA) is 61.1 Å². The second kappa shape index (κ2) is 5.56. The van der Waals surface area contributed by atoms with E-state index in [0.717, 1.165) is 0 Å². The van der Waals surface area contributed by atoms with Crippen LogP contribution in [0.1, 0.15) is 31.9 Å². The van der Waals surface area contributed by atoms with Gasteiger partial charge < -0.3 is 5.11 Å². The summed E-state index contributed by atoms with van der Waals surface area (Å²) >= 11 is 0. The maximum Gasteiger partial charge on any atom is 0.346 e. The molecule has 0 spiro atoms. The maximum atomic E-state index is 13.9. The zero-order valence-corrected chi connectivity index (χ0v) is 11.4. The van der Waals surface area contributed by atoms with Crippen molar-refractivity contribution in [2.75, 3.05) is 0 Å². The van der Waals surface area contributed by atoms with Gasteiger partial charge in [0, 0.05) is 5.56 Å². The molecule has 3 nitrogen and oxygen atoms in total. The van der Waals surface area contributed by atoms with Crippen LogP contribution in [0.25, 0.3) is 6.08 Å². The molecule has 0 bridgehead atoms. The first-order valence-electron chi connectivity index (χ1n) is 5.73. The molecule has 0 amide bonds. The molecule has 0 atom stereocenters. The lowest BCUT2D eigenvalue weighted by Gasteiger charge is -2.22. The van der Waals surface area contributed by atoms with Crippen LogP contribution >= 0.6 is 0 Å². The smallest absolute Gasteiger partial charge is 0.346 e. The van der Waals surface area contributed by atoms with E-state index in [2.05, 4.69) is 0 Å². The third-order valence-corrected chi connectivity index (χ3v) is 2.69. The fourth-order valence-corrected chi connectivity index (χ4v) is 1.72. The lowest BCUT2D eigenvalue weighted by atomic mass is 9.85. The van der Waals surface area contributed by atoms with Crippen molar-refractivity contribution in [1.29, 1.82) is 5.26 Å². The van der Waals surface area contributed by atoms with Crippen LogP contribution in [0.4, 0.5) is 17.6 Å². The third-order valence-electron chi connectivity index (χ3n) is 2.69.